The van der Waals surface area contributed by atoms with Gasteiger partial charge in [-0.15, -0.1) is 0 Å². The molecule has 0 unspecified atom stereocenters. The Morgan fingerprint density at radius 3 is 2.57 bits per heavy atom. The first-order valence-electron chi connectivity index (χ1n) is 7.30. The molecule has 1 N–H and O–H groups in total. The van der Waals surface area contributed by atoms with E-state index >= 15 is 0 Å². The summed E-state index contributed by atoms with van der Waals surface area (Å²) in [4.78, 5) is 24.8. The van der Waals surface area contributed by atoms with E-state index in [1.165, 1.54) is 12.1 Å². The number of nitro groups is 1. The molecule has 0 aromatic heterocycles. The molecule has 2 rings (SSSR count). The minimum atomic E-state index is -0.536. The van der Waals surface area contributed by atoms with Crippen LogP contribution in [0.15, 0.2) is 24.3 Å². The van der Waals surface area contributed by atoms with Gasteiger partial charge in [-0.2, -0.15) is 0 Å². The van der Waals surface area contributed by atoms with Crippen molar-refractivity contribution in [2.75, 3.05) is 13.2 Å². The summed E-state index contributed by atoms with van der Waals surface area (Å²) in [6.45, 7) is 0.0818. The summed E-state index contributed by atoms with van der Waals surface area (Å²) >= 11 is 0. The van der Waals surface area contributed by atoms with Crippen LogP contribution in [0.1, 0.15) is 42.5 Å². The minimum Gasteiger partial charge on any atom is -0.395 e. The molecule has 0 atom stereocenters. The van der Waals surface area contributed by atoms with Gasteiger partial charge in [-0.3, -0.25) is 14.9 Å². The van der Waals surface area contributed by atoms with Gasteiger partial charge in [-0.1, -0.05) is 31.4 Å². The normalized spacial score (nSPS) is 15.7. The van der Waals surface area contributed by atoms with Crippen molar-refractivity contribution < 1.29 is 14.8 Å². The first-order valence-corrected chi connectivity index (χ1v) is 7.30. The van der Waals surface area contributed by atoms with Gasteiger partial charge in [0.25, 0.3) is 11.6 Å². The number of aliphatic hydroxyl groups is 1. The number of para-hydroxylation sites is 1. The molecule has 1 aliphatic carbocycles. The van der Waals surface area contributed by atoms with E-state index in [0.29, 0.717) is 0 Å². The topological polar surface area (TPSA) is 83.7 Å². The first kappa shape index (κ1) is 15.4. The summed E-state index contributed by atoms with van der Waals surface area (Å²) in [6, 6.07) is 6.06. The van der Waals surface area contributed by atoms with Gasteiger partial charge in [-0.05, 0) is 18.9 Å². The maximum atomic E-state index is 12.7. The number of hydrogen-bond acceptors (Lipinski definition) is 4. The van der Waals surface area contributed by atoms with Crippen LogP contribution in [0.5, 0.6) is 0 Å². The number of nitro benzene ring substituents is 1. The summed E-state index contributed by atoms with van der Waals surface area (Å²) < 4.78 is 0. The molecule has 0 spiro atoms. The Morgan fingerprint density at radius 2 is 1.95 bits per heavy atom. The Hall–Kier alpha value is -1.95. The molecular formula is C15H20N2O4. The summed E-state index contributed by atoms with van der Waals surface area (Å²) in [5.41, 5.74) is -0.0808. The van der Waals surface area contributed by atoms with Crippen LogP contribution in [0.25, 0.3) is 0 Å². The van der Waals surface area contributed by atoms with Crippen molar-refractivity contribution in [2.24, 2.45) is 0 Å². The Bertz CT molecular complexity index is 512. The smallest absolute Gasteiger partial charge is 0.282 e. The van der Waals surface area contributed by atoms with Crippen LogP contribution in [0.3, 0.4) is 0 Å². The number of benzene rings is 1. The Balaban J connectivity index is 2.27. The van der Waals surface area contributed by atoms with Crippen molar-refractivity contribution in [3.8, 4) is 0 Å². The van der Waals surface area contributed by atoms with Crippen molar-refractivity contribution in [2.45, 2.75) is 38.1 Å². The molecule has 1 aromatic rings. The summed E-state index contributed by atoms with van der Waals surface area (Å²) in [5, 5.41) is 20.3. The largest absolute Gasteiger partial charge is 0.395 e. The fourth-order valence-electron chi connectivity index (χ4n) is 2.92. The van der Waals surface area contributed by atoms with Crippen LogP contribution >= 0.6 is 0 Å². The quantitative estimate of drug-likeness (QED) is 0.667. The maximum Gasteiger partial charge on any atom is 0.282 e. The number of carbonyl (C=O) groups is 1. The summed E-state index contributed by atoms with van der Waals surface area (Å²) in [7, 11) is 0. The molecule has 1 fully saturated rings. The molecule has 1 aromatic carbocycles. The fourth-order valence-corrected chi connectivity index (χ4v) is 2.92. The number of amides is 1. The molecule has 0 aliphatic heterocycles. The van der Waals surface area contributed by atoms with Crippen molar-refractivity contribution in [1.29, 1.82) is 0 Å². The van der Waals surface area contributed by atoms with Gasteiger partial charge >= 0.3 is 0 Å². The van der Waals surface area contributed by atoms with Gasteiger partial charge in [0.1, 0.15) is 5.56 Å². The SMILES string of the molecule is O=C(c1ccccc1[N+](=O)[O-])N(CCO)C1CCCCC1. The van der Waals surface area contributed by atoms with Crippen LogP contribution in [0.2, 0.25) is 0 Å². The Labute approximate surface area is 123 Å². The van der Waals surface area contributed by atoms with E-state index in [9.17, 15) is 20.0 Å². The molecule has 1 saturated carbocycles. The van der Waals surface area contributed by atoms with E-state index in [0.717, 1.165) is 32.1 Å². The maximum absolute atomic E-state index is 12.7. The monoisotopic (exact) mass is 292 g/mol. The molecule has 0 saturated heterocycles. The molecule has 0 heterocycles. The number of rotatable bonds is 5. The van der Waals surface area contributed by atoms with E-state index in [4.69, 9.17) is 0 Å². The van der Waals surface area contributed by atoms with E-state index in [1.54, 1.807) is 17.0 Å². The third-order valence-electron chi connectivity index (χ3n) is 3.95. The number of hydrogen-bond donors (Lipinski definition) is 1. The van der Waals surface area contributed by atoms with E-state index in [-0.39, 0.29) is 36.4 Å². The van der Waals surface area contributed by atoms with E-state index in [2.05, 4.69) is 0 Å². The van der Waals surface area contributed by atoms with Gasteiger partial charge in [-0.25, -0.2) is 0 Å². The lowest BCUT2D eigenvalue weighted by Gasteiger charge is -2.34. The zero-order valence-corrected chi connectivity index (χ0v) is 11.9. The lowest BCUT2D eigenvalue weighted by Crippen LogP contribution is -2.43. The second-order valence-corrected chi connectivity index (χ2v) is 5.29. The molecule has 114 valence electrons. The van der Waals surface area contributed by atoms with Crippen LogP contribution in [-0.2, 0) is 0 Å². The van der Waals surface area contributed by atoms with Gasteiger partial charge < -0.3 is 10.0 Å². The highest BCUT2D eigenvalue weighted by Gasteiger charge is 2.29. The van der Waals surface area contributed by atoms with Crippen LogP contribution in [-0.4, -0.2) is 40.0 Å². The van der Waals surface area contributed by atoms with Crippen LogP contribution in [0, 0.1) is 10.1 Å². The molecule has 6 nitrogen and oxygen atoms in total. The van der Waals surface area contributed by atoms with Crippen LogP contribution in [0.4, 0.5) is 5.69 Å². The highest BCUT2D eigenvalue weighted by atomic mass is 16.6. The number of carbonyl (C=O) groups excluding carboxylic acids is 1. The van der Waals surface area contributed by atoms with Crippen LogP contribution < -0.4 is 0 Å². The lowest BCUT2D eigenvalue weighted by atomic mass is 9.93. The van der Waals surface area contributed by atoms with Gasteiger partial charge in [0.15, 0.2) is 0 Å². The summed E-state index contributed by atoms with van der Waals surface area (Å²) in [5.74, 6) is -0.358. The second-order valence-electron chi connectivity index (χ2n) is 5.29. The van der Waals surface area contributed by atoms with Crippen molar-refractivity contribution in [3.63, 3.8) is 0 Å². The zero-order chi connectivity index (χ0) is 15.2. The summed E-state index contributed by atoms with van der Waals surface area (Å²) in [6.07, 6.45) is 5.05. The second kappa shape index (κ2) is 7.17. The molecular weight excluding hydrogens is 272 g/mol. The average molecular weight is 292 g/mol. The van der Waals surface area contributed by atoms with Gasteiger partial charge in [0, 0.05) is 18.7 Å². The highest BCUT2D eigenvalue weighted by molar-refractivity contribution is 5.98. The third-order valence-corrected chi connectivity index (χ3v) is 3.95. The van der Waals surface area contributed by atoms with Crippen molar-refractivity contribution >= 4 is 11.6 Å². The van der Waals surface area contributed by atoms with Gasteiger partial charge in [0.2, 0.25) is 0 Å². The minimum absolute atomic E-state index is 0.0678. The first-order chi connectivity index (χ1) is 10.1. The van der Waals surface area contributed by atoms with Crippen molar-refractivity contribution in [3.05, 3.63) is 39.9 Å². The predicted molar refractivity (Wildman–Crippen MR) is 78.1 cm³/mol. The average Bonchev–Trinajstić information content (AvgIpc) is 2.52. The standard InChI is InChI=1S/C15H20N2O4/c18-11-10-16(12-6-2-1-3-7-12)15(19)13-8-4-5-9-14(13)17(20)21/h4-5,8-9,12,18H,1-3,6-7,10-11H2. The molecule has 0 bridgehead atoms. The molecule has 21 heavy (non-hydrogen) atoms. The van der Waals surface area contributed by atoms with Gasteiger partial charge in [0.05, 0.1) is 11.5 Å². The predicted octanol–water partition coefficient (Wildman–Crippen LogP) is 2.36. The highest BCUT2D eigenvalue weighted by Crippen LogP contribution is 2.26. The molecule has 6 heteroatoms. The van der Waals surface area contributed by atoms with E-state index < -0.39 is 4.92 Å². The molecule has 1 aliphatic rings. The zero-order valence-electron chi connectivity index (χ0n) is 11.9. The molecule has 0 radical (unpaired) electrons. The Morgan fingerprint density at radius 1 is 1.29 bits per heavy atom. The Kier molecular flexibility index (Phi) is 5.27. The lowest BCUT2D eigenvalue weighted by molar-refractivity contribution is -0.385. The number of aliphatic hydroxyl groups excluding tert-OH is 1. The van der Waals surface area contributed by atoms with E-state index in [1.807, 2.05) is 0 Å². The number of nitrogens with zero attached hydrogens (tertiary/aromatic N) is 2. The van der Waals surface area contributed by atoms with Crippen molar-refractivity contribution in [1.82, 2.24) is 4.90 Å². The fraction of sp³-hybridized carbons (Fsp3) is 0.533. The third kappa shape index (κ3) is 3.58. The molecule has 1 amide bonds.